The maximum absolute atomic E-state index is 5.88. The van der Waals surface area contributed by atoms with Crippen LogP contribution in [0.1, 0.15) is 53.0 Å². The molecule has 0 bridgehead atoms. The lowest BCUT2D eigenvalue weighted by Crippen LogP contribution is -2.25. The van der Waals surface area contributed by atoms with Crippen LogP contribution in [0.15, 0.2) is 30.3 Å². The summed E-state index contributed by atoms with van der Waals surface area (Å²) in [6.45, 7) is 13.1. The van der Waals surface area contributed by atoms with Crippen molar-refractivity contribution in [2.75, 3.05) is 6.54 Å². The lowest BCUT2D eigenvalue weighted by atomic mass is 9.89. The van der Waals surface area contributed by atoms with Gasteiger partial charge in [0.05, 0.1) is 17.1 Å². The fraction of sp³-hybridized carbons (Fsp3) is 0.500. The number of rotatable bonds is 9. The molecular weight excluding hydrogens is 459 g/mol. The Balaban J connectivity index is 1.87. The van der Waals surface area contributed by atoms with Gasteiger partial charge in [0, 0.05) is 27.0 Å². The zero-order valence-corrected chi connectivity index (χ0v) is 19.9. The van der Waals surface area contributed by atoms with E-state index < -0.39 is 0 Å². The molecule has 1 aromatic heterocycles. The Bertz CT molecular complexity index is 927. The number of nitrogens with one attached hydrogen (secondary N) is 2. The Kier molecular flexibility index (Phi) is 7.26. The van der Waals surface area contributed by atoms with E-state index >= 15 is 0 Å². The monoisotopic (exact) mass is 492 g/mol. The number of hydrogen-bond donors (Lipinski definition) is 2. The summed E-state index contributed by atoms with van der Waals surface area (Å²) in [6, 6.07) is 10.9. The van der Waals surface area contributed by atoms with Gasteiger partial charge in [-0.25, -0.2) is 0 Å². The summed E-state index contributed by atoms with van der Waals surface area (Å²) in [5, 5.41) is 6.32. The number of ether oxygens (including phenoxy) is 1. The molecule has 0 amide bonds. The van der Waals surface area contributed by atoms with Crippen LogP contribution in [0.2, 0.25) is 0 Å². The van der Waals surface area contributed by atoms with Gasteiger partial charge < -0.3 is 15.0 Å². The Hall–Kier alpha value is -1.27. The number of fused-ring (bicyclic) bond motifs is 3. The van der Waals surface area contributed by atoms with Gasteiger partial charge in [-0.15, -0.1) is 0 Å². The highest BCUT2D eigenvalue weighted by Crippen LogP contribution is 2.33. The van der Waals surface area contributed by atoms with E-state index in [1.165, 1.54) is 38.3 Å². The molecule has 0 radical (unpaired) electrons. The molecule has 1 unspecified atom stereocenters. The standard InChI is InChI=1S/C24H33IN2O/c1-6-17(7-2)16(5)13-26-14-18-8-11-21(25)24-23(18)20-10-9-19(28-15(3)4)12-22(20)27-24/h8-12,15-17,26-27H,6-7,13-14H2,1-5H3. The molecule has 2 aromatic carbocycles. The highest BCUT2D eigenvalue weighted by molar-refractivity contribution is 14.1. The Morgan fingerprint density at radius 2 is 1.82 bits per heavy atom. The lowest BCUT2D eigenvalue weighted by molar-refractivity contribution is 0.243. The maximum Gasteiger partial charge on any atom is 0.121 e. The van der Waals surface area contributed by atoms with E-state index in [0.29, 0.717) is 5.92 Å². The maximum atomic E-state index is 5.88. The Morgan fingerprint density at radius 3 is 2.50 bits per heavy atom. The quantitative estimate of drug-likeness (QED) is 0.320. The van der Waals surface area contributed by atoms with Crippen LogP contribution in [0.5, 0.6) is 5.75 Å². The molecule has 3 aromatic rings. The zero-order valence-electron chi connectivity index (χ0n) is 17.7. The molecule has 3 nitrogen and oxygen atoms in total. The second kappa shape index (κ2) is 9.49. The second-order valence-corrected chi connectivity index (χ2v) is 9.30. The number of benzene rings is 2. The molecule has 1 atom stereocenters. The third-order valence-corrected chi connectivity index (χ3v) is 6.67. The molecule has 1 heterocycles. The van der Waals surface area contributed by atoms with Crippen LogP contribution in [-0.4, -0.2) is 17.6 Å². The van der Waals surface area contributed by atoms with Gasteiger partial charge >= 0.3 is 0 Å². The Morgan fingerprint density at radius 1 is 1.07 bits per heavy atom. The highest BCUT2D eigenvalue weighted by atomic mass is 127. The van der Waals surface area contributed by atoms with Crippen LogP contribution in [0.25, 0.3) is 21.8 Å². The van der Waals surface area contributed by atoms with E-state index in [9.17, 15) is 0 Å². The predicted octanol–water partition coefficient (Wildman–Crippen LogP) is 6.87. The molecule has 0 fully saturated rings. The van der Waals surface area contributed by atoms with Crippen LogP contribution in [0.4, 0.5) is 0 Å². The summed E-state index contributed by atoms with van der Waals surface area (Å²) in [6.07, 6.45) is 2.70. The van der Waals surface area contributed by atoms with Crippen LogP contribution >= 0.6 is 22.6 Å². The molecule has 0 aliphatic carbocycles. The van der Waals surface area contributed by atoms with Gasteiger partial charge in [-0.05, 0) is 78.6 Å². The first-order valence-corrected chi connectivity index (χ1v) is 11.6. The first-order valence-electron chi connectivity index (χ1n) is 10.5. The zero-order chi connectivity index (χ0) is 20.3. The van der Waals surface area contributed by atoms with Crippen molar-refractivity contribution >= 4 is 44.4 Å². The average molecular weight is 492 g/mol. The van der Waals surface area contributed by atoms with Crippen molar-refractivity contribution in [2.24, 2.45) is 11.8 Å². The molecule has 0 saturated carbocycles. The fourth-order valence-corrected chi connectivity index (χ4v) is 4.80. The minimum absolute atomic E-state index is 0.179. The molecule has 3 rings (SSSR count). The topological polar surface area (TPSA) is 37.0 Å². The SMILES string of the molecule is CCC(CC)C(C)CNCc1ccc(I)c2[nH]c3cc(OC(C)C)ccc3c12. The summed E-state index contributed by atoms with van der Waals surface area (Å²) >= 11 is 2.42. The average Bonchev–Trinajstić information content (AvgIpc) is 3.04. The van der Waals surface area contributed by atoms with E-state index in [1.807, 2.05) is 0 Å². The first kappa shape index (κ1) is 21.4. The van der Waals surface area contributed by atoms with Crippen molar-refractivity contribution in [3.05, 3.63) is 39.5 Å². The molecule has 0 spiro atoms. The predicted molar refractivity (Wildman–Crippen MR) is 129 cm³/mol. The minimum atomic E-state index is 0.179. The van der Waals surface area contributed by atoms with Gasteiger partial charge in [0.1, 0.15) is 5.75 Å². The van der Waals surface area contributed by atoms with Gasteiger partial charge in [0.25, 0.3) is 0 Å². The van der Waals surface area contributed by atoms with E-state index in [-0.39, 0.29) is 6.10 Å². The van der Waals surface area contributed by atoms with E-state index in [2.05, 4.69) is 97.8 Å². The Labute approximate surface area is 182 Å². The van der Waals surface area contributed by atoms with E-state index in [0.717, 1.165) is 30.3 Å². The highest BCUT2D eigenvalue weighted by Gasteiger charge is 2.15. The van der Waals surface area contributed by atoms with Crippen molar-refractivity contribution in [1.29, 1.82) is 0 Å². The fourth-order valence-electron chi connectivity index (χ4n) is 4.22. The molecule has 152 valence electrons. The van der Waals surface area contributed by atoms with Crippen molar-refractivity contribution in [3.8, 4) is 5.75 Å². The molecule has 0 saturated heterocycles. The summed E-state index contributed by atoms with van der Waals surface area (Å²) in [5.74, 6) is 2.42. The molecule has 28 heavy (non-hydrogen) atoms. The van der Waals surface area contributed by atoms with Crippen LogP contribution in [0, 0.1) is 15.4 Å². The summed E-state index contributed by atoms with van der Waals surface area (Å²) in [4.78, 5) is 3.62. The third kappa shape index (κ3) is 4.65. The second-order valence-electron chi connectivity index (χ2n) is 8.14. The van der Waals surface area contributed by atoms with E-state index in [1.54, 1.807) is 0 Å². The number of aromatic nitrogens is 1. The number of H-pyrrole nitrogens is 1. The lowest BCUT2D eigenvalue weighted by Gasteiger charge is -2.21. The summed E-state index contributed by atoms with van der Waals surface area (Å²) in [7, 11) is 0. The van der Waals surface area contributed by atoms with Gasteiger partial charge in [-0.3, -0.25) is 0 Å². The van der Waals surface area contributed by atoms with Crippen LogP contribution in [-0.2, 0) is 6.54 Å². The van der Waals surface area contributed by atoms with Crippen molar-refractivity contribution in [2.45, 2.75) is 60.1 Å². The van der Waals surface area contributed by atoms with Crippen molar-refractivity contribution in [1.82, 2.24) is 10.3 Å². The summed E-state index contributed by atoms with van der Waals surface area (Å²) < 4.78 is 7.13. The van der Waals surface area contributed by atoms with Gasteiger partial charge in [0.15, 0.2) is 0 Å². The first-order chi connectivity index (χ1) is 13.4. The van der Waals surface area contributed by atoms with Gasteiger partial charge in [-0.2, -0.15) is 0 Å². The number of halogens is 1. The largest absolute Gasteiger partial charge is 0.491 e. The third-order valence-electron chi connectivity index (χ3n) is 5.77. The normalized spacial score (nSPS) is 13.1. The number of hydrogen-bond acceptors (Lipinski definition) is 2. The minimum Gasteiger partial charge on any atom is -0.491 e. The van der Waals surface area contributed by atoms with Gasteiger partial charge in [0.2, 0.25) is 0 Å². The molecule has 0 aliphatic rings. The smallest absolute Gasteiger partial charge is 0.121 e. The molecule has 0 aliphatic heterocycles. The van der Waals surface area contributed by atoms with Crippen molar-refractivity contribution < 1.29 is 4.74 Å². The number of aromatic amines is 1. The van der Waals surface area contributed by atoms with Crippen LogP contribution in [0.3, 0.4) is 0 Å². The molecular formula is C24H33IN2O. The molecule has 2 N–H and O–H groups in total. The van der Waals surface area contributed by atoms with Crippen LogP contribution < -0.4 is 10.1 Å². The molecule has 4 heteroatoms. The summed E-state index contributed by atoms with van der Waals surface area (Å²) in [5.41, 5.74) is 3.73. The van der Waals surface area contributed by atoms with E-state index in [4.69, 9.17) is 4.74 Å². The van der Waals surface area contributed by atoms with Gasteiger partial charge in [-0.1, -0.05) is 39.7 Å². The van der Waals surface area contributed by atoms with Crippen molar-refractivity contribution in [3.63, 3.8) is 0 Å².